The minimum atomic E-state index is -3.65. The van der Waals surface area contributed by atoms with Crippen LogP contribution in [0.5, 0.6) is 0 Å². The van der Waals surface area contributed by atoms with Gasteiger partial charge in [-0.05, 0) is 31.9 Å². The molecule has 0 radical (unpaired) electrons. The van der Waals surface area contributed by atoms with E-state index < -0.39 is 10.1 Å². The minimum Gasteiger partial charge on any atom is -0.317 e. The maximum Gasteiger partial charge on any atom is 0.296 e. The van der Waals surface area contributed by atoms with E-state index in [2.05, 4.69) is 0 Å². The van der Waals surface area contributed by atoms with Crippen molar-refractivity contribution in [2.24, 2.45) is 0 Å². The first kappa shape index (κ1) is 14.1. The lowest BCUT2D eigenvalue weighted by atomic mass is 10.2. The van der Waals surface area contributed by atoms with Crippen LogP contribution in [0, 0.1) is 6.92 Å². The van der Waals surface area contributed by atoms with Crippen LogP contribution in [0.15, 0.2) is 29.2 Å². The molecule has 0 atom stereocenters. The van der Waals surface area contributed by atoms with E-state index in [9.17, 15) is 8.42 Å². The Morgan fingerprint density at radius 2 is 1.88 bits per heavy atom. The molecule has 0 saturated heterocycles. The summed E-state index contributed by atoms with van der Waals surface area (Å²) < 4.78 is 28.2. The van der Waals surface area contributed by atoms with E-state index in [4.69, 9.17) is 9.39 Å². The molecule has 0 amide bonds. The van der Waals surface area contributed by atoms with Crippen LogP contribution in [0.2, 0.25) is 0 Å². The number of rotatable bonds is 7. The van der Waals surface area contributed by atoms with Crippen LogP contribution in [-0.4, -0.2) is 26.8 Å². The molecule has 0 bridgehead atoms. The monoisotopic (exact) mass is 259 g/mol. The van der Waals surface area contributed by atoms with Crippen LogP contribution in [0.4, 0.5) is 0 Å². The van der Waals surface area contributed by atoms with E-state index in [0.717, 1.165) is 5.56 Å². The largest absolute Gasteiger partial charge is 0.317 e. The zero-order chi connectivity index (χ0) is 12.7. The molecular weight excluding hydrogens is 242 g/mol. The fraction of sp³-hybridized carbons (Fsp3) is 0.455. The van der Waals surface area contributed by atoms with Crippen LogP contribution in [0.3, 0.4) is 0 Å². The van der Waals surface area contributed by atoms with Gasteiger partial charge in [-0.25, -0.2) is 5.48 Å². The maximum absolute atomic E-state index is 11.7. The summed E-state index contributed by atoms with van der Waals surface area (Å²) in [7, 11) is -3.65. The number of hydroxylamine groups is 1. The summed E-state index contributed by atoms with van der Waals surface area (Å²) in [5, 5.41) is 8.32. The Balaban J connectivity index is 2.48. The van der Waals surface area contributed by atoms with E-state index in [0.29, 0.717) is 19.4 Å². The number of nitrogens with one attached hydrogen (secondary N) is 1. The Labute approximate surface area is 102 Å². The molecule has 0 spiro atoms. The molecule has 0 aliphatic heterocycles. The molecule has 0 aliphatic carbocycles. The SMILES string of the molecule is Cc1ccc(S(=O)(=O)OCCCCNO)cc1. The molecule has 0 saturated carbocycles. The lowest BCUT2D eigenvalue weighted by molar-refractivity contribution is 0.162. The van der Waals surface area contributed by atoms with Gasteiger partial charge in [-0.15, -0.1) is 0 Å². The number of unbranched alkanes of at least 4 members (excludes halogenated alkanes) is 1. The lowest BCUT2D eigenvalue weighted by Gasteiger charge is -2.05. The molecule has 1 rings (SSSR count). The average molecular weight is 259 g/mol. The van der Waals surface area contributed by atoms with E-state index in [1.807, 2.05) is 12.4 Å². The highest BCUT2D eigenvalue weighted by Crippen LogP contribution is 2.13. The quantitative estimate of drug-likeness (QED) is 0.440. The molecular formula is C11H17NO4S. The summed E-state index contributed by atoms with van der Waals surface area (Å²) in [6.07, 6.45) is 1.22. The highest BCUT2D eigenvalue weighted by molar-refractivity contribution is 7.86. The fourth-order valence-corrected chi connectivity index (χ4v) is 2.19. The highest BCUT2D eigenvalue weighted by atomic mass is 32.2. The van der Waals surface area contributed by atoms with Crippen molar-refractivity contribution >= 4 is 10.1 Å². The molecule has 2 N–H and O–H groups in total. The van der Waals surface area contributed by atoms with Crippen molar-refractivity contribution in [3.63, 3.8) is 0 Å². The van der Waals surface area contributed by atoms with Crippen LogP contribution in [-0.2, 0) is 14.3 Å². The Morgan fingerprint density at radius 3 is 2.47 bits per heavy atom. The highest BCUT2D eigenvalue weighted by Gasteiger charge is 2.13. The second-order valence-electron chi connectivity index (χ2n) is 3.70. The number of benzene rings is 1. The van der Waals surface area contributed by atoms with Crippen molar-refractivity contribution < 1.29 is 17.8 Å². The molecule has 0 aromatic heterocycles. The Hall–Kier alpha value is -0.950. The minimum absolute atomic E-state index is 0.123. The average Bonchev–Trinajstić information content (AvgIpc) is 2.29. The summed E-state index contributed by atoms with van der Waals surface area (Å²) in [5.74, 6) is 0. The molecule has 96 valence electrons. The summed E-state index contributed by atoms with van der Waals surface area (Å²) in [6.45, 7) is 2.44. The first-order valence-electron chi connectivity index (χ1n) is 5.39. The molecule has 5 nitrogen and oxygen atoms in total. The van der Waals surface area contributed by atoms with Gasteiger partial charge in [0.1, 0.15) is 0 Å². The van der Waals surface area contributed by atoms with Gasteiger partial charge in [-0.2, -0.15) is 8.42 Å². The Kier molecular flexibility index (Phi) is 5.57. The van der Waals surface area contributed by atoms with Gasteiger partial charge in [0.25, 0.3) is 10.1 Å². The van der Waals surface area contributed by atoms with Crippen molar-refractivity contribution in [2.75, 3.05) is 13.2 Å². The molecule has 0 unspecified atom stereocenters. The normalized spacial score (nSPS) is 11.6. The van der Waals surface area contributed by atoms with Gasteiger partial charge in [0.15, 0.2) is 0 Å². The molecule has 1 aromatic carbocycles. The third-order valence-electron chi connectivity index (χ3n) is 2.23. The van der Waals surface area contributed by atoms with Gasteiger partial charge in [0.2, 0.25) is 0 Å². The number of hydrogen-bond donors (Lipinski definition) is 2. The van der Waals surface area contributed by atoms with E-state index in [1.165, 1.54) is 12.1 Å². The van der Waals surface area contributed by atoms with Crippen LogP contribution >= 0.6 is 0 Å². The van der Waals surface area contributed by atoms with Crippen LogP contribution in [0.1, 0.15) is 18.4 Å². The van der Waals surface area contributed by atoms with Gasteiger partial charge in [-0.3, -0.25) is 4.18 Å². The molecule has 6 heteroatoms. The smallest absolute Gasteiger partial charge is 0.296 e. The Bertz CT molecular complexity index is 427. The lowest BCUT2D eigenvalue weighted by Crippen LogP contribution is -2.11. The zero-order valence-electron chi connectivity index (χ0n) is 9.72. The first-order valence-corrected chi connectivity index (χ1v) is 6.80. The van der Waals surface area contributed by atoms with Crippen molar-refractivity contribution in [2.45, 2.75) is 24.7 Å². The predicted molar refractivity (Wildman–Crippen MR) is 63.3 cm³/mol. The Morgan fingerprint density at radius 1 is 1.24 bits per heavy atom. The van der Waals surface area contributed by atoms with E-state index >= 15 is 0 Å². The zero-order valence-corrected chi connectivity index (χ0v) is 10.5. The summed E-state index contributed by atoms with van der Waals surface area (Å²) in [4.78, 5) is 0.170. The second kappa shape index (κ2) is 6.70. The summed E-state index contributed by atoms with van der Waals surface area (Å²) in [6, 6.07) is 6.51. The fourth-order valence-electron chi connectivity index (χ4n) is 1.25. The van der Waals surface area contributed by atoms with Crippen molar-refractivity contribution in [3.05, 3.63) is 29.8 Å². The number of aryl methyl sites for hydroxylation is 1. The standard InChI is InChI=1S/C11H17NO4S/c1-10-4-6-11(7-5-10)17(14,15)16-9-3-2-8-12-13/h4-7,12-13H,2-3,8-9H2,1H3. The van der Waals surface area contributed by atoms with Gasteiger partial charge in [-0.1, -0.05) is 17.7 Å². The predicted octanol–water partition coefficient (Wildman–Crippen LogP) is 1.46. The third kappa shape index (κ3) is 4.82. The van der Waals surface area contributed by atoms with Gasteiger partial charge in [0.05, 0.1) is 11.5 Å². The third-order valence-corrected chi connectivity index (χ3v) is 3.56. The molecule has 0 fully saturated rings. The second-order valence-corrected chi connectivity index (χ2v) is 5.32. The van der Waals surface area contributed by atoms with Crippen molar-refractivity contribution in [3.8, 4) is 0 Å². The molecule has 1 aromatic rings. The van der Waals surface area contributed by atoms with Crippen LogP contribution in [0.25, 0.3) is 0 Å². The molecule has 0 aliphatic rings. The van der Waals surface area contributed by atoms with E-state index in [-0.39, 0.29) is 11.5 Å². The van der Waals surface area contributed by atoms with Gasteiger partial charge >= 0.3 is 0 Å². The van der Waals surface area contributed by atoms with Gasteiger partial charge < -0.3 is 5.21 Å². The van der Waals surface area contributed by atoms with Crippen LogP contribution < -0.4 is 5.48 Å². The van der Waals surface area contributed by atoms with Gasteiger partial charge in [0, 0.05) is 6.54 Å². The maximum atomic E-state index is 11.7. The molecule has 17 heavy (non-hydrogen) atoms. The number of hydrogen-bond acceptors (Lipinski definition) is 5. The first-order chi connectivity index (χ1) is 8.06. The van der Waals surface area contributed by atoms with Crippen molar-refractivity contribution in [1.82, 2.24) is 5.48 Å². The summed E-state index contributed by atoms with van der Waals surface area (Å²) >= 11 is 0. The van der Waals surface area contributed by atoms with E-state index in [1.54, 1.807) is 12.1 Å². The topological polar surface area (TPSA) is 75.6 Å². The molecule has 0 heterocycles. The van der Waals surface area contributed by atoms with Crippen molar-refractivity contribution in [1.29, 1.82) is 0 Å². The summed E-state index contributed by atoms with van der Waals surface area (Å²) in [5.41, 5.74) is 3.00.